The van der Waals surface area contributed by atoms with Gasteiger partial charge in [-0.25, -0.2) is 4.98 Å². The molecule has 1 aromatic heterocycles. The average Bonchev–Trinajstić information content (AvgIpc) is 2.86. The van der Waals surface area contributed by atoms with E-state index < -0.39 is 0 Å². The first-order valence-corrected chi connectivity index (χ1v) is 7.38. The first kappa shape index (κ1) is 14.2. The van der Waals surface area contributed by atoms with E-state index in [0.29, 0.717) is 5.02 Å². The van der Waals surface area contributed by atoms with Crippen LogP contribution in [-0.2, 0) is 0 Å². The molecule has 0 spiro atoms. The Bertz CT molecular complexity index is 796. The molecule has 0 saturated heterocycles. The van der Waals surface area contributed by atoms with E-state index in [1.165, 1.54) is 0 Å². The monoisotopic (exact) mass is 320 g/mol. The normalized spacial score (nSPS) is 12.6. The minimum atomic E-state index is -0.220. The van der Waals surface area contributed by atoms with Crippen molar-refractivity contribution in [3.63, 3.8) is 0 Å². The van der Waals surface area contributed by atoms with Crippen LogP contribution < -0.4 is 4.74 Å². The summed E-state index contributed by atoms with van der Waals surface area (Å²) in [5, 5.41) is 0.439. The van der Waals surface area contributed by atoms with Crippen LogP contribution in [-0.4, -0.2) is 16.7 Å². The SMILES string of the molecule is COc1cccc(-n2c(C(C)Cl)nc3cc(Cl)ccc32)c1. The molecule has 5 heteroatoms. The molecule has 3 aromatic rings. The Morgan fingerprint density at radius 3 is 2.71 bits per heavy atom. The number of alkyl halides is 1. The summed E-state index contributed by atoms with van der Waals surface area (Å²) >= 11 is 12.3. The zero-order valence-corrected chi connectivity index (χ0v) is 13.2. The second-order valence-corrected chi connectivity index (χ2v) is 5.85. The fourth-order valence-corrected chi connectivity index (χ4v) is 2.67. The van der Waals surface area contributed by atoms with Gasteiger partial charge >= 0.3 is 0 Å². The van der Waals surface area contributed by atoms with E-state index in [9.17, 15) is 0 Å². The Kier molecular flexibility index (Phi) is 3.79. The predicted molar refractivity (Wildman–Crippen MR) is 86.9 cm³/mol. The van der Waals surface area contributed by atoms with Gasteiger partial charge < -0.3 is 4.74 Å². The molecule has 21 heavy (non-hydrogen) atoms. The number of rotatable bonds is 3. The summed E-state index contributed by atoms with van der Waals surface area (Å²) in [7, 11) is 1.65. The van der Waals surface area contributed by atoms with Gasteiger partial charge in [0.25, 0.3) is 0 Å². The highest BCUT2D eigenvalue weighted by atomic mass is 35.5. The number of ether oxygens (including phenoxy) is 1. The van der Waals surface area contributed by atoms with Crippen molar-refractivity contribution in [3.8, 4) is 11.4 Å². The van der Waals surface area contributed by atoms with Crippen LogP contribution in [0.4, 0.5) is 0 Å². The molecule has 0 saturated carbocycles. The van der Waals surface area contributed by atoms with Crippen LogP contribution in [0.5, 0.6) is 5.75 Å². The van der Waals surface area contributed by atoms with E-state index in [-0.39, 0.29) is 5.38 Å². The van der Waals surface area contributed by atoms with Crippen molar-refractivity contribution >= 4 is 34.2 Å². The Morgan fingerprint density at radius 1 is 1.19 bits per heavy atom. The summed E-state index contributed by atoms with van der Waals surface area (Å²) in [6.07, 6.45) is 0. The Balaban J connectivity index is 2.30. The van der Waals surface area contributed by atoms with E-state index in [1.54, 1.807) is 7.11 Å². The van der Waals surface area contributed by atoms with E-state index >= 15 is 0 Å². The topological polar surface area (TPSA) is 27.1 Å². The average molecular weight is 321 g/mol. The van der Waals surface area contributed by atoms with Crippen molar-refractivity contribution in [1.82, 2.24) is 9.55 Å². The third-order valence-corrected chi connectivity index (χ3v) is 3.74. The maximum Gasteiger partial charge on any atom is 0.132 e. The van der Waals surface area contributed by atoms with Crippen LogP contribution in [0.25, 0.3) is 16.7 Å². The van der Waals surface area contributed by atoms with Gasteiger partial charge in [0, 0.05) is 11.1 Å². The molecule has 3 rings (SSSR count). The fourth-order valence-electron chi connectivity index (χ4n) is 2.36. The molecular weight excluding hydrogens is 307 g/mol. The highest BCUT2D eigenvalue weighted by molar-refractivity contribution is 6.31. The molecule has 0 aliphatic carbocycles. The van der Waals surface area contributed by atoms with E-state index in [1.807, 2.05) is 54.0 Å². The first-order chi connectivity index (χ1) is 10.1. The number of hydrogen-bond acceptors (Lipinski definition) is 2. The number of nitrogens with zero attached hydrogens (tertiary/aromatic N) is 2. The maximum atomic E-state index is 6.30. The van der Waals surface area contributed by atoms with Gasteiger partial charge in [-0.05, 0) is 37.3 Å². The minimum absolute atomic E-state index is 0.220. The van der Waals surface area contributed by atoms with Gasteiger partial charge in [-0.15, -0.1) is 11.6 Å². The van der Waals surface area contributed by atoms with Gasteiger partial charge in [-0.1, -0.05) is 17.7 Å². The van der Waals surface area contributed by atoms with Crippen molar-refractivity contribution in [2.24, 2.45) is 0 Å². The smallest absolute Gasteiger partial charge is 0.132 e. The zero-order valence-electron chi connectivity index (χ0n) is 11.7. The summed E-state index contributed by atoms with van der Waals surface area (Å²) < 4.78 is 7.33. The molecule has 0 fully saturated rings. The lowest BCUT2D eigenvalue weighted by atomic mass is 10.2. The lowest BCUT2D eigenvalue weighted by Gasteiger charge is -2.11. The maximum absolute atomic E-state index is 6.30. The third-order valence-electron chi connectivity index (χ3n) is 3.31. The molecule has 1 heterocycles. The van der Waals surface area contributed by atoms with Gasteiger partial charge in [0.2, 0.25) is 0 Å². The van der Waals surface area contributed by atoms with Gasteiger partial charge in [0.1, 0.15) is 11.6 Å². The second-order valence-electron chi connectivity index (χ2n) is 4.76. The van der Waals surface area contributed by atoms with Gasteiger partial charge in [0.15, 0.2) is 0 Å². The van der Waals surface area contributed by atoms with E-state index in [2.05, 4.69) is 4.98 Å². The van der Waals surface area contributed by atoms with Crippen LogP contribution >= 0.6 is 23.2 Å². The highest BCUT2D eigenvalue weighted by Crippen LogP contribution is 2.30. The van der Waals surface area contributed by atoms with Crippen LogP contribution in [0, 0.1) is 0 Å². The summed E-state index contributed by atoms with van der Waals surface area (Å²) in [5.74, 6) is 1.57. The quantitative estimate of drug-likeness (QED) is 0.636. The summed E-state index contributed by atoms with van der Waals surface area (Å²) in [4.78, 5) is 4.61. The standard InChI is InChI=1S/C16H14Cl2N2O/c1-10(17)16-19-14-8-11(18)6-7-15(14)20(16)12-4-3-5-13(9-12)21-2/h3-10H,1-2H3. The van der Waals surface area contributed by atoms with E-state index in [4.69, 9.17) is 27.9 Å². The van der Waals surface area contributed by atoms with Crippen LogP contribution in [0.2, 0.25) is 5.02 Å². The molecule has 0 aliphatic rings. The minimum Gasteiger partial charge on any atom is -0.497 e. The summed E-state index contributed by atoms with van der Waals surface area (Å²) in [5.41, 5.74) is 2.75. The predicted octanol–water partition coefficient (Wildman–Crippen LogP) is 4.99. The Labute approximate surface area is 133 Å². The lowest BCUT2D eigenvalue weighted by Crippen LogP contribution is -2.02. The molecule has 0 aliphatic heterocycles. The second kappa shape index (κ2) is 5.58. The van der Waals surface area contributed by atoms with Crippen LogP contribution in [0.3, 0.4) is 0 Å². The van der Waals surface area contributed by atoms with Gasteiger partial charge in [-0.2, -0.15) is 0 Å². The van der Waals surface area contributed by atoms with Crippen LogP contribution in [0.1, 0.15) is 18.1 Å². The third kappa shape index (κ3) is 2.59. The number of benzene rings is 2. The molecule has 0 amide bonds. The Hall–Kier alpha value is -1.71. The fraction of sp³-hybridized carbons (Fsp3) is 0.188. The lowest BCUT2D eigenvalue weighted by molar-refractivity contribution is 0.414. The molecule has 108 valence electrons. The van der Waals surface area contributed by atoms with Gasteiger partial charge in [0.05, 0.1) is 29.2 Å². The number of imidazole rings is 1. The van der Waals surface area contributed by atoms with E-state index in [0.717, 1.165) is 28.3 Å². The number of fused-ring (bicyclic) bond motifs is 1. The van der Waals surface area contributed by atoms with Crippen molar-refractivity contribution in [2.75, 3.05) is 7.11 Å². The first-order valence-electron chi connectivity index (χ1n) is 6.56. The van der Waals surface area contributed by atoms with Crippen molar-refractivity contribution in [3.05, 3.63) is 53.3 Å². The van der Waals surface area contributed by atoms with Crippen molar-refractivity contribution in [1.29, 1.82) is 0 Å². The summed E-state index contributed by atoms with van der Waals surface area (Å²) in [6.45, 7) is 1.90. The van der Waals surface area contributed by atoms with Crippen molar-refractivity contribution in [2.45, 2.75) is 12.3 Å². The molecule has 0 N–H and O–H groups in total. The molecule has 0 radical (unpaired) electrons. The number of aromatic nitrogens is 2. The summed E-state index contributed by atoms with van der Waals surface area (Å²) in [6, 6.07) is 13.5. The van der Waals surface area contributed by atoms with Crippen molar-refractivity contribution < 1.29 is 4.74 Å². The molecule has 2 aromatic carbocycles. The molecule has 0 bridgehead atoms. The Morgan fingerprint density at radius 2 is 2.00 bits per heavy atom. The highest BCUT2D eigenvalue weighted by Gasteiger charge is 2.16. The molecule has 1 unspecified atom stereocenters. The van der Waals surface area contributed by atoms with Gasteiger partial charge in [-0.3, -0.25) is 4.57 Å². The zero-order chi connectivity index (χ0) is 15.0. The number of halogens is 2. The molecular formula is C16H14Cl2N2O. The molecule has 3 nitrogen and oxygen atoms in total. The molecule has 1 atom stereocenters. The largest absolute Gasteiger partial charge is 0.497 e. The number of hydrogen-bond donors (Lipinski definition) is 0. The van der Waals surface area contributed by atoms with Crippen LogP contribution in [0.15, 0.2) is 42.5 Å². The number of methoxy groups -OCH3 is 1.